The van der Waals surface area contributed by atoms with Crippen LogP contribution in [-0.4, -0.2) is 36.1 Å². The van der Waals surface area contributed by atoms with E-state index in [-0.39, 0.29) is 0 Å². The number of hydrogen-bond acceptors (Lipinski definition) is 6. The first-order chi connectivity index (χ1) is 15.2. The number of aromatic nitrogens is 3. The Bertz CT molecular complexity index is 1120. The molecule has 0 amide bonds. The molecule has 4 aromatic rings. The maximum atomic E-state index is 5.44. The first-order valence-electron chi connectivity index (χ1n) is 9.72. The molecule has 0 unspecified atom stereocenters. The van der Waals surface area contributed by atoms with Crippen LogP contribution in [0.1, 0.15) is 5.56 Å². The third-order valence-electron chi connectivity index (χ3n) is 4.78. The molecular weight excluding hydrogens is 410 g/mol. The monoisotopic (exact) mass is 433 g/mol. The molecular formula is C24H23N3O3S. The number of hydrogen-bond donors (Lipinski definition) is 0. The van der Waals surface area contributed by atoms with Gasteiger partial charge in [0.1, 0.15) is 17.2 Å². The van der Waals surface area contributed by atoms with Gasteiger partial charge in [-0.2, -0.15) is 0 Å². The zero-order valence-corrected chi connectivity index (χ0v) is 18.4. The molecule has 0 radical (unpaired) electrons. The molecule has 3 aromatic carbocycles. The van der Waals surface area contributed by atoms with Crippen LogP contribution < -0.4 is 14.2 Å². The van der Waals surface area contributed by atoms with Gasteiger partial charge in [-0.1, -0.05) is 42.1 Å². The average molecular weight is 434 g/mol. The van der Waals surface area contributed by atoms with Gasteiger partial charge in [-0.15, -0.1) is 10.2 Å². The summed E-state index contributed by atoms with van der Waals surface area (Å²) in [6, 6.07) is 23.8. The first kappa shape index (κ1) is 20.8. The lowest BCUT2D eigenvalue weighted by molar-refractivity contribution is 0.394. The molecule has 7 heteroatoms. The van der Waals surface area contributed by atoms with Crippen molar-refractivity contribution in [3.05, 3.63) is 78.4 Å². The Kier molecular flexibility index (Phi) is 6.43. The maximum Gasteiger partial charge on any atom is 0.196 e. The van der Waals surface area contributed by atoms with Gasteiger partial charge < -0.3 is 14.2 Å². The fourth-order valence-electron chi connectivity index (χ4n) is 3.17. The second kappa shape index (κ2) is 9.57. The quantitative estimate of drug-likeness (QED) is 0.354. The Morgan fingerprint density at radius 3 is 2.00 bits per heavy atom. The van der Waals surface area contributed by atoms with Crippen LogP contribution in [0.15, 0.2) is 78.0 Å². The lowest BCUT2D eigenvalue weighted by Gasteiger charge is -2.12. The van der Waals surface area contributed by atoms with Crippen LogP contribution in [0, 0.1) is 0 Å². The summed E-state index contributed by atoms with van der Waals surface area (Å²) in [5.74, 6) is 3.72. The van der Waals surface area contributed by atoms with Gasteiger partial charge in [-0.25, -0.2) is 0 Å². The lowest BCUT2D eigenvalue weighted by atomic mass is 10.2. The molecule has 1 heterocycles. The summed E-state index contributed by atoms with van der Waals surface area (Å²) in [4.78, 5) is 0. The number of ether oxygens (including phenoxy) is 3. The van der Waals surface area contributed by atoms with Crippen LogP contribution in [0.3, 0.4) is 0 Å². The Labute approximate surface area is 185 Å². The zero-order chi connectivity index (χ0) is 21.6. The first-order valence-corrected chi connectivity index (χ1v) is 10.7. The SMILES string of the molecule is COc1ccc(CSc2nnc(-c3cc(OC)cc(OC)c3)n2-c2ccccc2)cc1. The van der Waals surface area contributed by atoms with E-state index in [9.17, 15) is 0 Å². The van der Waals surface area contributed by atoms with Gasteiger partial charge in [0, 0.05) is 23.1 Å². The largest absolute Gasteiger partial charge is 0.497 e. The van der Waals surface area contributed by atoms with Crippen LogP contribution in [0.2, 0.25) is 0 Å². The molecule has 1 aromatic heterocycles. The van der Waals surface area contributed by atoms with E-state index in [1.807, 2.05) is 60.7 Å². The highest BCUT2D eigenvalue weighted by Crippen LogP contribution is 2.33. The Hall–Kier alpha value is -3.45. The molecule has 0 saturated carbocycles. The van der Waals surface area contributed by atoms with Gasteiger partial charge in [0.05, 0.1) is 21.3 Å². The van der Waals surface area contributed by atoms with Crippen molar-refractivity contribution in [1.29, 1.82) is 0 Å². The van der Waals surface area contributed by atoms with Crippen molar-refractivity contribution in [3.8, 4) is 34.3 Å². The smallest absolute Gasteiger partial charge is 0.196 e. The molecule has 0 fully saturated rings. The van der Waals surface area contributed by atoms with E-state index >= 15 is 0 Å². The Morgan fingerprint density at radius 1 is 0.742 bits per heavy atom. The number of methoxy groups -OCH3 is 3. The fraction of sp³-hybridized carbons (Fsp3) is 0.167. The maximum absolute atomic E-state index is 5.44. The summed E-state index contributed by atoms with van der Waals surface area (Å²) in [7, 11) is 4.94. The van der Waals surface area contributed by atoms with Gasteiger partial charge >= 0.3 is 0 Å². The zero-order valence-electron chi connectivity index (χ0n) is 17.6. The molecule has 0 bridgehead atoms. The molecule has 0 N–H and O–H groups in total. The fourth-order valence-corrected chi connectivity index (χ4v) is 4.07. The van der Waals surface area contributed by atoms with Crippen LogP contribution in [0.25, 0.3) is 17.1 Å². The third-order valence-corrected chi connectivity index (χ3v) is 5.78. The Morgan fingerprint density at radius 2 is 1.39 bits per heavy atom. The van der Waals surface area contributed by atoms with Crippen molar-refractivity contribution in [2.45, 2.75) is 10.9 Å². The molecule has 0 saturated heterocycles. The van der Waals surface area contributed by atoms with Crippen LogP contribution in [-0.2, 0) is 5.75 Å². The number of benzene rings is 3. The highest BCUT2D eigenvalue weighted by molar-refractivity contribution is 7.98. The summed E-state index contributed by atoms with van der Waals surface area (Å²) in [5, 5.41) is 9.82. The second-order valence-electron chi connectivity index (χ2n) is 6.72. The van der Waals surface area contributed by atoms with Crippen molar-refractivity contribution >= 4 is 11.8 Å². The lowest BCUT2D eigenvalue weighted by Crippen LogP contribution is -2.00. The van der Waals surface area contributed by atoms with Crippen LogP contribution >= 0.6 is 11.8 Å². The molecule has 158 valence electrons. The normalized spacial score (nSPS) is 10.7. The molecule has 0 aliphatic carbocycles. The minimum atomic E-state index is 0.699. The van der Waals surface area contributed by atoms with E-state index in [4.69, 9.17) is 14.2 Å². The minimum absolute atomic E-state index is 0.699. The van der Waals surface area contributed by atoms with E-state index in [0.717, 1.165) is 33.7 Å². The summed E-state index contributed by atoms with van der Waals surface area (Å²) in [5.41, 5.74) is 3.03. The number of para-hydroxylation sites is 1. The van der Waals surface area contributed by atoms with E-state index in [1.54, 1.807) is 33.1 Å². The second-order valence-corrected chi connectivity index (χ2v) is 7.66. The van der Waals surface area contributed by atoms with Gasteiger partial charge in [-0.05, 0) is 42.0 Å². The van der Waals surface area contributed by atoms with Crippen molar-refractivity contribution < 1.29 is 14.2 Å². The van der Waals surface area contributed by atoms with Crippen molar-refractivity contribution in [1.82, 2.24) is 14.8 Å². The molecule has 6 nitrogen and oxygen atoms in total. The number of rotatable bonds is 8. The average Bonchev–Trinajstić information content (AvgIpc) is 3.27. The Balaban J connectivity index is 1.72. The summed E-state index contributed by atoms with van der Waals surface area (Å²) in [6.45, 7) is 0. The number of nitrogens with zero attached hydrogens (tertiary/aromatic N) is 3. The third kappa shape index (κ3) is 4.67. The number of thioether (sulfide) groups is 1. The van der Waals surface area contributed by atoms with Gasteiger partial charge in [0.25, 0.3) is 0 Å². The standard InChI is InChI=1S/C24H23N3O3S/c1-28-20-11-9-17(10-12-20)16-31-24-26-25-23(27(24)19-7-5-4-6-8-19)18-13-21(29-2)15-22(14-18)30-3/h4-15H,16H2,1-3H3. The molecule has 0 aliphatic heterocycles. The van der Waals surface area contributed by atoms with Crippen molar-refractivity contribution in [2.24, 2.45) is 0 Å². The van der Waals surface area contributed by atoms with Gasteiger partial charge in [-0.3, -0.25) is 4.57 Å². The molecule has 0 atom stereocenters. The van der Waals surface area contributed by atoms with E-state index < -0.39 is 0 Å². The predicted octanol–water partition coefficient (Wildman–Crippen LogP) is 5.25. The molecule has 4 rings (SSSR count). The summed E-state index contributed by atoms with van der Waals surface area (Å²) >= 11 is 1.63. The minimum Gasteiger partial charge on any atom is -0.497 e. The van der Waals surface area contributed by atoms with Crippen LogP contribution in [0.5, 0.6) is 17.2 Å². The topological polar surface area (TPSA) is 58.4 Å². The highest BCUT2D eigenvalue weighted by Gasteiger charge is 2.18. The van der Waals surface area contributed by atoms with Crippen molar-refractivity contribution in [2.75, 3.05) is 21.3 Å². The van der Waals surface area contributed by atoms with Gasteiger partial charge in [0.2, 0.25) is 0 Å². The van der Waals surface area contributed by atoms with E-state index in [1.165, 1.54) is 5.56 Å². The molecule has 0 aliphatic rings. The van der Waals surface area contributed by atoms with Crippen molar-refractivity contribution in [3.63, 3.8) is 0 Å². The van der Waals surface area contributed by atoms with E-state index in [0.29, 0.717) is 11.5 Å². The molecule has 0 spiro atoms. The highest BCUT2D eigenvalue weighted by atomic mass is 32.2. The molecule has 31 heavy (non-hydrogen) atoms. The summed E-state index contributed by atoms with van der Waals surface area (Å²) < 4.78 is 18.2. The predicted molar refractivity (Wildman–Crippen MR) is 122 cm³/mol. The van der Waals surface area contributed by atoms with Gasteiger partial charge in [0.15, 0.2) is 11.0 Å². The van der Waals surface area contributed by atoms with Crippen LogP contribution in [0.4, 0.5) is 0 Å². The van der Waals surface area contributed by atoms with E-state index in [2.05, 4.69) is 26.9 Å². The summed E-state index contributed by atoms with van der Waals surface area (Å²) in [6.07, 6.45) is 0.